The highest BCUT2D eigenvalue weighted by Crippen LogP contribution is 2.27. The summed E-state index contributed by atoms with van der Waals surface area (Å²) >= 11 is 6.06. The molecule has 0 fully saturated rings. The second kappa shape index (κ2) is 7.85. The van der Waals surface area contributed by atoms with Crippen LogP contribution in [0.25, 0.3) is 0 Å². The average Bonchev–Trinajstić information content (AvgIpc) is 2.60. The summed E-state index contributed by atoms with van der Waals surface area (Å²) in [6, 6.07) is 15.2. The van der Waals surface area contributed by atoms with E-state index < -0.39 is 0 Å². The molecule has 0 saturated carbocycles. The second-order valence-electron chi connectivity index (χ2n) is 5.40. The summed E-state index contributed by atoms with van der Waals surface area (Å²) in [5, 5.41) is 7.13. The number of nitrogens with one attached hydrogen (secondary N) is 2. The Hall–Kier alpha value is -2.79. The van der Waals surface area contributed by atoms with E-state index >= 15 is 0 Å². The number of ether oxygens (including phenoxy) is 1. The molecule has 2 N–H and O–H groups in total. The fourth-order valence-corrected chi connectivity index (χ4v) is 2.50. The number of halogens is 1. The summed E-state index contributed by atoms with van der Waals surface area (Å²) in [5.74, 6) is 1.94. The lowest BCUT2D eigenvalue weighted by Gasteiger charge is -2.13. The van der Waals surface area contributed by atoms with E-state index in [9.17, 15) is 0 Å². The summed E-state index contributed by atoms with van der Waals surface area (Å²) in [6.07, 6.45) is 1.70. The zero-order chi connectivity index (χ0) is 17.6. The molecule has 5 nitrogen and oxygen atoms in total. The number of aromatic nitrogens is 2. The van der Waals surface area contributed by atoms with E-state index in [1.165, 1.54) is 0 Å². The van der Waals surface area contributed by atoms with Gasteiger partial charge in [0.05, 0.1) is 12.3 Å². The maximum Gasteiger partial charge on any atom is 0.229 e. The van der Waals surface area contributed by atoms with Crippen LogP contribution in [-0.4, -0.2) is 16.6 Å². The number of para-hydroxylation sites is 2. The lowest BCUT2D eigenvalue weighted by atomic mass is 10.2. The molecule has 0 saturated heterocycles. The van der Waals surface area contributed by atoms with Gasteiger partial charge >= 0.3 is 0 Å². The molecule has 2 aromatic carbocycles. The number of nitrogens with zero attached hydrogens (tertiary/aromatic N) is 2. The molecule has 0 aliphatic rings. The van der Waals surface area contributed by atoms with Crippen LogP contribution in [-0.2, 0) is 0 Å². The number of aryl methyl sites for hydroxylation is 1. The van der Waals surface area contributed by atoms with E-state index in [2.05, 4.69) is 20.6 Å². The van der Waals surface area contributed by atoms with Crippen molar-refractivity contribution in [3.8, 4) is 5.75 Å². The quantitative estimate of drug-likeness (QED) is 0.627. The molecule has 3 aromatic rings. The Bertz CT molecular complexity index is 870. The van der Waals surface area contributed by atoms with Crippen LogP contribution in [0.1, 0.15) is 12.5 Å². The first-order valence-corrected chi connectivity index (χ1v) is 8.38. The Morgan fingerprint density at radius 3 is 2.72 bits per heavy atom. The molecule has 0 amide bonds. The molecule has 0 aliphatic heterocycles. The maximum atomic E-state index is 6.06. The number of rotatable bonds is 6. The molecule has 0 unspecified atom stereocenters. The summed E-state index contributed by atoms with van der Waals surface area (Å²) in [6.45, 7) is 4.55. The zero-order valence-corrected chi connectivity index (χ0v) is 14.8. The first-order valence-electron chi connectivity index (χ1n) is 8.01. The Balaban J connectivity index is 1.81. The standard InChI is InChI=1S/C19H19ClN4O/c1-3-25-17-7-5-4-6-15(17)22-18-10-11-21-19(24-18)23-16-12-14(20)9-8-13(16)2/h4-12H,3H2,1-2H3,(H2,21,22,23,24). The van der Waals surface area contributed by atoms with Gasteiger partial charge in [0.2, 0.25) is 5.95 Å². The zero-order valence-electron chi connectivity index (χ0n) is 14.1. The molecule has 0 spiro atoms. The predicted molar refractivity (Wildman–Crippen MR) is 102 cm³/mol. The normalized spacial score (nSPS) is 10.4. The van der Waals surface area contributed by atoms with Crippen molar-refractivity contribution in [2.75, 3.05) is 17.2 Å². The number of hydrogen-bond donors (Lipinski definition) is 2. The third kappa shape index (κ3) is 4.39. The highest BCUT2D eigenvalue weighted by molar-refractivity contribution is 6.30. The van der Waals surface area contributed by atoms with Crippen LogP contribution in [0, 0.1) is 6.92 Å². The maximum absolute atomic E-state index is 6.06. The van der Waals surface area contributed by atoms with Gasteiger partial charge in [-0.25, -0.2) is 4.98 Å². The van der Waals surface area contributed by atoms with Crippen LogP contribution >= 0.6 is 11.6 Å². The Kier molecular flexibility index (Phi) is 5.36. The summed E-state index contributed by atoms with van der Waals surface area (Å²) in [4.78, 5) is 8.77. The van der Waals surface area contributed by atoms with Gasteiger partial charge in [0.25, 0.3) is 0 Å². The molecule has 1 aromatic heterocycles. The average molecular weight is 355 g/mol. The van der Waals surface area contributed by atoms with Crippen LogP contribution in [0.4, 0.5) is 23.1 Å². The third-order valence-electron chi connectivity index (χ3n) is 3.55. The van der Waals surface area contributed by atoms with E-state index in [4.69, 9.17) is 16.3 Å². The van der Waals surface area contributed by atoms with Crippen molar-refractivity contribution < 1.29 is 4.74 Å². The van der Waals surface area contributed by atoms with Crippen LogP contribution in [0.15, 0.2) is 54.7 Å². The second-order valence-corrected chi connectivity index (χ2v) is 5.84. The van der Waals surface area contributed by atoms with E-state index in [0.29, 0.717) is 23.4 Å². The fourth-order valence-electron chi connectivity index (χ4n) is 2.33. The van der Waals surface area contributed by atoms with Crippen molar-refractivity contribution in [2.45, 2.75) is 13.8 Å². The van der Waals surface area contributed by atoms with Crippen molar-refractivity contribution in [2.24, 2.45) is 0 Å². The molecule has 3 rings (SSSR count). The first-order chi connectivity index (χ1) is 12.2. The number of hydrogen-bond acceptors (Lipinski definition) is 5. The Morgan fingerprint density at radius 2 is 1.88 bits per heavy atom. The van der Waals surface area contributed by atoms with E-state index in [1.54, 1.807) is 12.3 Å². The molecule has 1 heterocycles. The van der Waals surface area contributed by atoms with Gasteiger partial charge in [-0.1, -0.05) is 29.8 Å². The minimum absolute atomic E-state index is 0.490. The van der Waals surface area contributed by atoms with Gasteiger partial charge in [0.1, 0.15) is 11.6 Å². The molecule has 0 aliphatic carbocycles. The van der Waals surface area contributed by atoms with Gasteiger partial charge in [0.15, 0.2) is 0 Å². The molecule has 0 radical (unpaired) electrons. The molecular weight excluding hydrogens is 336 g/mol. The van der Waals surface area contributed by atoms with E-state index in [1.807, 2.05) is 56.3 Å². The van der Waals surface area contributed by atoms with Crippen molar-refractivity contribution in [3.63, 3.8) is 0 Å². The van der Waals surface area contributed by atoms with Gasteiger partial charge in [0, 0.05) is 16.9 Å². The van der Waals surface area contributed by atoms with E-state index in [0.717, 1.165) is 22.7 Å². The molecule has 128 valence electrons. The van der Waals surface area contributed by atoms with Gasteiger partial charge in [-0.05, 0) is 49.7 Å². The van der Waals surface area contributed by atoms with Crippen molar-refractivity contribution in [1.82, 2.24) is 9.97 Å². The SMILES string of the molecule is CCOc1ccccc1Nc1ccnc(Nc2cc(Cl)ccc2C)n1. The summed E-state index contributed by atoms with van der Waals surface area (Å²) in [7, 11) is 0. The van der Waals surface area contributed by atoms with Gasteiger partial charge < -0.3 is 15.4 Å². The molecular formula is C19H19ClN4O. The lowest BCUT2D eigenvalue weighted by Crippen LogP contribution is -2.02. The largest absolute Gasteiger partial charge is 0.492 e. The molecule has 6 heteroatoms. The Labute approximate surface area is 152 Å². The van der Waals surface area contributed by atoms with Crippen LogP contribution in [0.2, 0.25) is 5.02 Å². The van der Waals surface area contributed by atoms with Crippen molar-refractivity contribution in [3.05, 3.63) is 65.3 Å². The molecule has 0 atom stereocenters. The Morgan fingerprint density at radius 1 is 1.04 bits per heavy atom. The topological polar surface area (TPSA) is 59.1 Å². The minimum Gasteiger partial charge on any atom is -0.492 e. The van der Waals surface area contributed by atoms with Gasteiger partial charge in [-0.2, -0.15) is 4.98 Å². The lowest BCUT2D eigenvalue weighted by molar-refractivity contribution is 0.342. The minimum atomic E-state index is 0.490. The molecule has 0 bridgehead atoms. The number of benzene rings is 2. The predicted octanol–water partition coefficient (Wildman–Crippen LogP) is 5.32. The van der Waals surface area contributed by atoms with Gasteiger partial charge in [-0.15, -0.1) is 0 Å². The summed E-state index contributed by atoms with van der Waals surface area (Å²) in [5.41, 5.74) is 2.79. The monoisotopic (exact) mass is 354 g/mol. The smallest absolute Gasteiger partial charge is 0.229 e. The van der Waals surface area contributed by atoms with Crippen LogP contribution in [0.3, 0.4) is 0 Å². The molecule has 25 heavy (non-hydrogen) atoms. The van der Waals surface area contributed by atoms with Crippen LogP contribution in [0.5, 0.6) is 5.75 Å². The number of anilines is 4. The van der Waals surface area contributed by atoms with Crippen molar-refractivity contribution in [1.29, 1.82) is 0 Å². The van der Waals surface area contributed by atoms with Crippen molar-refractivity contribution >= 4 is 34.7 Å². The first kappa shape index (κ1) is 17.0. The fraction of sp³-hybridized carbons (Fsp3) is 0.158. The highest BCUT2D eigenvalue weighted by atomic mass is 35.5. The summed E-state index contributed by atoms with van der Waals surface area (Å²) < 4.78 is 5.63. The van der Waals surface area contributed by atoms with Gasteiger partial charge in [-0.3, -0.25) is 0 Å². The third-order valence-corrected chi connectivity index (χ3v) is 3.79. The highest BCUT2D eigenvalue weighted by Gasteiger charge is 2.06. The van der Waals surface area contributed by atoms with E-state index in [-0.39, 0.29) is 0 Å². The van der Waals surface area contributed by atoms with Crippen LogP contribution < -0.4 is 15.4 Å².